The molecule has 0 spiro atoms. The zero-order chi connectivity index (χ0) is 16.8. The fraction of sp³-hybridized carbons (Fsp3) is 0.316. The summed E-state index contributed by atoms with van der Waals surface area (Å²) in [5, 5.41) is 7.40. The SMILES string of the molecule is CN1CCN(/N=C\c2cccc(OCc3ccccc3Cl)c2)CC1. The van der Waals surface area contributed by atoms with Crippen molar-refractivity contribution in [1.29, 1.82) is 0 Å². The van der Waals surface area contributed by atoms with Crippen molar-refractivity contribution in [1.82, 2.24) is 9.91 Å². The molecule has 0 aromatic heterocycles. The van der Waals surface area contributed by atoms with Crippen molar-refractivity contribution in [3.8, 4) is 5.75 Å². The van der Waals surface area contributed by atoms with E-state index in [-0.39, 0.29) is 0 Å². The van der Waals surface area contributed by atoms with E-state index in [0.29, 0.717) is 6.61 Å². The normalized spacial score (nSPS) is 15.8. The summed E-state index contributed by atoms with van der Waals surface area (Å²) >= 11 is 6.16. The van der Waals surface area contributed by atoms with Crippen molar-refractivity contribution in [2.45, 2.75) is 6.61 Å². The number of benzene rings is 2. The maximum atomic E-state index is 6.16. The molecule has 0 aliphatic carbocycles. The Balaban J connectivity index is 1.59. The number of ether oxygens (including phenoxy) is 1. The quantitative estimate of drug-likeness (QED) is 0.778. The predicted octanol–water partition coefficient (Wildman–Crippen LogP) is 3.50. The second-order valence-electron chi connectivity index (χ2n) is 5.95. The van der Waals surface area contributed by atoms with Gasteiger partial charge in [-0.25, -0.2) is 0 Å². The molecular formula is C19H22ClN3O. The van der Waals surface area contributed by atoms with Crippen LogP contribution in [0.15, 0.2) is 53.6 Å². The van der Waals surface area contributed by atoms with Crippen LogP contribution in [0.2, 0.25) is 5.02 Å². The second-order valence-corrected chi connectivity index (χ2v) is 6.36. The molecule has 0 atom stereocenters. The molecule has 0 radical (unpaired) electrons. The van der Waals surface area contributed by atoms with Gasteiger partial charge in [-0.15, -0.1) is 0 Å². The summed E-state index contributed by atoms with van der Waals surface area (Å²) < 4.78 is 5.85. The van der Waals surface area contributed by atoms with Crippen LogP contribution in [-0.4, -0.2) is 49.4 Å². The van der Waals surface area contributed by atoms with Crippen molar-refractivity contribution in [2.24, 2.45) is 5.10 Å². The van der Waals surface area contributed by atoms with Crippen LogP contribution in [0.4, 0.5) is 0 Å². The van der Waals surface area contributed by atoms with Crippen LogP contribution in [-0.2, 0) is 6.61 Å². The number of hydrazone groups is 1. The number of halogens is 1. The number of nitrogens with zero attached hydrogens (tertiary/aromatic N) is 3. The highest BCUT2D eigenvalue weighted by Gasteiger charge is 2.10. The van der Waals surface area contributed by atoms with Gasteiger partial charge in [-0.1, -0.05) is 41.9 Å². The predicted molar refractivity (Wildman–Crippen MR) is 98.9 cm³/mol. The first-order valence-electron chi connectivity index (χ1n) is 8.14. The van der Waals surface area contributed by atoms with Gasteiger partial charge in [0, 0.05) is 36.8 Å². The van der Waals surface area contributed by atoms with Crippen LogP contribution in [0.5, 0.6) is 5.75 Å². The standard InChI is InChI=1S/C19H22ClN3O/c1-22-9-11-23(12-10-22)21-14-16-5-4-7-18(13-16)24-15-17-6-2-3-8-19(17)20/h2-8,13-14H,9-12,15H2,1H3/b21-14-. The summed E-state index contributed by atoms with van der Waals surface area (Å²) in [7, 11) is 2.14. The van der Waals surface area contributed by atoms with E-state index in [9.17, 15) is 0 Å². The smallest absolute Gasteiger partial charge is 0.120 e. The third-order valence-corrected chi connectivity index (χ3v) is 4.43. The summed E-state index contributed by atoms with van der Waals surface area (Å²) in [6.45, 7) is 4.50. The average Bonchev–Trinajstić information content (AvgIpc) is 2.61. The molecule has 1 fully saturated rings. The van der Waals surface area contributed by atoms with Crippen molar-refractivity contribution in [3.05, 3.63) is 64.7 Å². The van der Waals surface area contributed by atoms with Gasteiger partial charge >= 0.3 is 0 Å². The molecule has 2 aromatic rings. The Morgan fingerprint density at radius 3 is 2.67 bits per heavy atom. The van der Waals surface area contributed by atoms with E-state index in [1.54, 1.807) is 0 Å². The third kappa shape index (κ3) is 4.73. The molecule has 1 aliphatic heterocycles. The zero-order valence-corrected chi connectivity index (χ0v) is 14.6. The second kappa shape index (κ2) is 8.18. The van der Waals surface area contributed by atoms with Crippen molar-refractivity contribution >= 4 is 17.8 Å². The lowest BCUT2D eigenvalue weighted by molar-refractivity contribution is 0.159. The van der Waals surface area contributed by atoms with E-state index in [1.807, 2.05) is 54.7 Å². The Hall–Kier alpha value is -2.04. The number of likely N-dealkylation sites (N-methyl/N-ethyl adjacent to an activating group) is 1. The topological polar surface area (TPSA) is 28.1 Å². The maximum absolute atomic E-state index is 6.16. The molecule has 1 aliphatic rings. The van der Waals surface area contributed by atoms with Gasteiger partial charge in [-0.05, 0) is 30.8 Å². The summed E-state index contributed by atoms with van der Waals surface area (Å²) in [6, 6.07) is 15.7. The lowest BCUT2D eigenvalue weighted by Gasteiger charge is -2.30. The molecule has 24 heavy (non-hydrogen) atoms. The van der Waals surface area contributed by atoms with Crippen molar-refractivity contribution < 1.29 is 4.74 Å². The average molecular weight is 344 g/mol. The molecule has 0 unspecified atom stereocenters. The molecule has 1 saturated heterocycles. The van der Waals surface area contributed by atoms with Crippen molar-refractivity contribution in [2.75, 3.05) is 33.2 Å². The number of hydrogen-bond acceptors (Lipinski definition) is 4. The lowest BCUT2D eigenvalue weighted by atomic mass is 10.2. The van der Waals surface area contributed by atoms with Crippen LogP contribution in [0, 0.1) is 0 Å². The Morgan fingerprint density at radius 2 is 1.88 bits per heavy atom. The van der Waals surface area contributed by atoms with Gasteiger partial charge in [0.15, 0.2) is 0 Å². The summed E-state index contributed by atoms with van der Waals surface area (Å²) in [4.78, 5) is 2.31. The molecular weight excluding hydrogens is 322 g/mol. The summed E-state index contributed by atoms with van der Waals surface area (Å²) in [5.74, 6) is 0.817. The van der Waals surface area contributed by atoms with Crippen molar-refractivity contribution in [3.63, 3.8) is 0 Å². The molecule has 5 heteroatoms. The van der Waals surface area contributed by atoms with Crippen LogP contribution in [0.3, 0.4) is 0 Å². The van der Waals surface area contributed by atoms with Gasteiger partial charge in [0.25, 0.3) is 0 Å². The van der Waals surface area contributed by atoms with Crippen LogP contribution >= 0.6 is 11.6 Å². The lowest BCUT2D eigenvalue weighted by Crippen LogP contribution is -2.41. The first-order valence-corrected chi connectivity index (χ1v) is 8.52. The minimum atomic E-state index is 0.457. The van der Waals surface area contributed by atoms with E-state index in [4.69, 9.17) is 16.3 Å². The molecule has 3 rings (SSSR count). The Labute approximate surface area is 148 Å². The zero-order valence-electron chi connectivity index (χ0n) is 13.9. The number of rotatable bonds is 5. The Morgan fingerprint density at radius 1 is 1.08 bits per heavy atom. The van der Waals surface area contributed by atoms with Gasteiger partial charge in [-0.3, -0.25) is 5.01 Å². The molecule has 126 valence electrons. The molecule has 0 bridgehead atoms. The van der Waals surface area contributed by atoms with E-state index >= 15 is 0 Å². The summed E-state index contributed by atoms with van der Waals surface area (Å²) in [5.41, 5.74) is 2.02. The van der Waals surface area contributed by atoms with Crippen LogP contribution < -0.4 is 4.74 Å². The Kier molecular flexibility index (Phi) is 5.72. The van der Waals surface area contributed by atoms with E-state index in [2.05, 4.69) is 22.1 Å². The van der Waals surface area contributed by atoms with Gasteiger partial charge < -0.3 is 9.64 Å². The molecule has 2 aromatic carbocycles. The third-order valence-electron chi connectivity index (χ3n) is 4.06. The minimum absolute atomic E-state index is 0.457. The van der Waals surface area contributed by atoms with E-state index in [0.717, 1.165) is 48.1 Å². The minimum Gasteiger partial charge on any atom is -0.489 e. The fourth-order valence-corrected chi connectivity index (χ4v) is 2.71. The highest BCUT2D eigenvalue weighted by molar-refractivity contribution is 6.31. The maximum Gasteiger partial charge on any atom is 0.120 e. The summed E-state index contributed by atoms with van der Waals surface area (Å²) in [6.07, 6.45) is 1.90. The molecule has 0 amide bonds. The van der Waals surface area contributed by atoms with E-state index < -0.39 is 0 Å². The van der Waals surface area contributed by atoms with Crippen LogP contribution in [0.1, 0.15) is 11.1 Å². The highest BCUT2D eigenvalue weighted by Crippen LogP contribution is 2.19. The van der Waals surface area contributed by atoms with Gasteiger partial charge in [0.1, 0.15) is 12.4 Å². The first kappa shape index (κ1) is 16.8. The monoisotopic (exact) mass is 343 g/mol. The highest BCUT2D eigenvalue weighted by atomic mass is 35.5. The van der Waals surface area contributed by atoms with Crippen LogP contribution in [0.25, 0.3) is 0 Å². The molecule has 0 saturated carbocycles. The van der Waals surface area contributed by atoms with Gasteiger partial charge in [0.05, 0.1) is 6.21 Å². The van der Waals surface area contributed by atoms with Gasteiger partial charge in [0.2, 0.25) is 0 Å². The molecule has 4 nitrogen and oxygen atoms in total. The number of hydrogen-bond donors (Lipinski definition) is 0. The van der Waals surface area contributed by atoms with Gasteiger partial charge in [-0.2, -0.15) is 5.10 Å². The van der Waals surface area contributed by atoms with E-state index in [1.165, 1.54) is 0 Å². The Bertz CT molecular complexity index is 697. The molecule has 0 N–H and O–H groups in total. The fourth-order valence-electron chi connectivity index (χ4n) is 2.52. The first-order chi connectivity index (χ1) is 11.7. The number of piperazine rings is 1. The molecule has 1 heterocycles. The largest absolute Gasteiger partial charge is 0.489 e.